The van der Waals surface area contributed by atoms with Crippen LogP contribution in [-0.2, 0) is 12.8 Å². The van der Waals surface area contributed by atoms with Gasteiger partial charge in [-0.3, -0.25) is 0 Å². The molecule has 0 spiro atoms. The average molecular weight is 262 g/mol. The molecule has 0 aliphatic rings. The van der Waals surface area contributed by atoms with Gasteiger partial charge in [-0.1, -0.05) is 32.8 Å². The van der Waals surface area contributed by atoms with E-state index in [0.29, 0.717) is 0 Å². The number of hydrogen-bond donors (Lipinski definition) is 1. The Labute approximate surface area is 113 Å². The molecular weight excluding hydrogens is 240 g/mol. The molecule has 3 heteroatoms. The van der Waals surface area contributed by atoms with Crippen LogP contribution in [0, 0.1) is 0 Å². The molecule has 18 heavy (non-hydrogen) atoms. The van der Waals surface area contributed by atoms with Gasteiger partial charge in [0, 0.05) is 12.5 Å². The molecule has 2 N–H and O–H groups in total. The first-order valence-corrected chi connectivity index (χ1v) is 7.68. The van der Waals surface area contributed by atoms with E-state index in [2.05, 4.69) is 37.0 Å². The van der Waals surface area contributed by atoms with Crippen LogP contribution in [0.4, 0.5) is 0 Å². The van der Waals surface area contributed by atoms with E-state index in [1.54, 1.807) is 11.3 Å². The Hall–Kier alpha value is -0.930. The van der Waals surface area contributed by atoms with Crippen LogP contribution in [0.1, 0.15) is 43.7 Å². The standard InChI is InChI=1S/C15H22N2S/c1-3-5-11-7-8-13-14(9-11)18-15(17-13)10-12(16)6-4-2/h7-9,12H,3-6,10,16H2,1-2H3. The summed E-state index contributed by atoms with van der Waals surface area (Å²) in [7, 11) is 0. The van der Waals surface area contributed by atoms with Gasteiger partial charge in [0.25, 0.3) is 0 Å². The van der Waals surface area contributed by atoms with Crippen molar-refractivity contribution in [2.45, 2.75) is 52.0 Å². The third-order valence-corrected chi connectivity index (χ3v) is 4.17. The van der Waals surface area contributed by atoms with E-state index in [9.17, 15) is 0 Å². The number of aromatic nitrogens is 1. The van der Waals surface area contributed by atoms with Crippen LogP contribution in [0.3, 0.4) is 0 Å². The number of rotatable bonds is 6. The zero-order chi connectivity index (χ0) is 13.0. The highest BCUT2D eigenvalue weighted by Crippen LogP contribution is 2.24. The van der Waals surface area contributed by atoms with E-state index >= 15 is 0 Å². The topological polar surface area (TPSA) is 38.9 Å². The lowest BCUT2D eigenvalue weighted by atomic mass is 10.1. The van der Waals surface area contributed by atoms with Crippen molar-refractivity contribution < 1.29 is 0 Å². The number of nitrogens with zero attached hydrogens (tertiary/aromatic N) is 1. The van der Waals surface area contributed by atoms with Gasteiger partial charge < -0.3 is 5.73 Å². The second kappa shape index (κ2) is 6.30. The molecule has 0 aliphatic heterocycles. The molecule has 98 valence electrons. The zero-order valence-electron chi connectivity index (χ0n) is 11.3. The lowest BCUT2D eigenvalue weighted by Gasteiger charge is -2.06. The van der Waals surface area contributed by atoms with Crippen molar-refractivity contribution in [2.75, 3.05) is 0 Å². The Bertz CT molecular complexity index is 504. The van der Waals surface area contributed by atoms with Crippen LogP contribution in [0.25, 0.3) is 10.2 Å². The molecule has 2 nitrogen and oxygen atoms in total. The van der Waals surface area contributed by atoms with Crippen molar-refractivity contribution in [1.82, 2.24) is 4.98 Å². The van der Waals surface area contributed by atoms with Crippen LogP contribution in [0.2, 0.25) is 0 Å². The number of fused-ring (bicyclic) bond motifs is 1. The lowest BCUT2D eigenvalue weighted by molar-refractivity contribution is 0.599. The summed E-state index contributed by atoms with van der Waals surface area (Å²) in [6.07, 6.45) is 5.48. The molecule has 0 saturated carbocycles. The molecule has 0 aliphatic carbocycles. The number of nitrogens with two attached hydrogens (primary N) is 1. The van der Waals surface area contributed by atoms with E-state index in [1.165, 1.54) is 21.7 Å². The highest BCUT2D eigenvalue weighted by molar-refractivity contribution is 7.18. The summed E-state index contributed by atoms with van der Waals surface area (Å²) in [5.41, 5.74) is 8.62. The second-order valence-corrected chi connectivity index (χ2v) is 6.03. The summed E-state index contributed by atoms with van der Waals surface area (Å²) in [5, 5.41) is 1.18. The minimum atomic E-state index is 0.255. The SMILES string of the molecule is CCCc1ccc2nc(CC(N)CCC)sc2c1. The predicted molar refractivity (Wildman–Crippen MR) is 80.2 cm³/mol. The molecule has 0 bridgehead atoms. The molecular formula is C15H22N2S. The van der Waals surface area contributed by atoms with Gasteiger partial charge in [-0.25, -0.2) is 4.98 Å². The number of aryl methyl sites for hydroxylation is 1. The zero-order valence-corrected chi connectivity index (χ0v) is 12.1. The Morgan fingerprint density at radius 1 is 1.28 bits per heavy atom. The average Bonchev–Trinajstić information content (AvgIpc) is 2.71. The van der Waals surface area contributed by atoms with Crippen molar-refractivity contribution in [3.05, 3.63) is 28.8 Å². The minimum Gasteiger partial charge on any atom is -0.327 e. The van der Waals surface area contributed by atoms with E-state index in [1.807, 2.05) is 0 Å². The maximum Gasteiger partial charge on any atom is 0.0954 e. The smallest absolute Gasteiger partial charge is 0.0954 e. The molecule has 2 aromatic rings. The molecule has 1 heterocycles. The monoisotopic (exact) mass is 262 g/mol. The van der Waals surface area contributed by atoms with Gasteiger partial charge in [-0.15, -0.1) is 11.3 Å². The van der Waals surface area contributed by atoms with Gasteiger partial charge in [-0.05, 0) is 30.5 Å². The van der Waals surface area contributed by atoms with Crippen molar-refractivity contribution in [3.63, 3.8) is 0 Å². The van der Waals surface area contributed by atoms with Crippen molar-refractivity contribution >= 4 is 21.6 Å². The molecule has 1 atom stereocenters. The molecule has 0 amide bonds. The molecule has 1 aromatic carbocycles. The number of benzene rings is 1. The van der Waals surface area contributed by atoms with Crippen molar-refractivity contribution in [1.29, 1.82) is 0 Å². The van der Waals surface area contributed by atoms with Gasteiger partial charge >= 0.3 is 0 Å². The maximum absolute atomic E-state index is 6.08. The van der Waals surface area contributed by atoms with Crippen molar-refractivity contribution in [2.24, 2.45) is 5.73 Å². The third-order valence-electron chi connectivity index (χ3n) is 3.13. The van der Waals surface area contributed by atoms with Crippen LogP contribution in [-0.4, -0.2) is 11.0 Å². The van der Waals surface area contributed by atoms with E-state index in [0.717, 1.165) is 31.2 Å². The summed E-state index contributed by atoms with van der Waals surface area (Å²) in [6, 6.07) is 6.88. The van der Waals surface area contributed by atoms with Crippen molar-refractivity contribution in [3.8, 4) is 0 Å². The van der Waals surface area contributed by atoms with E-state index in [-0.39, 0.29) is 6.04 Å². The van der Waals surface area contributed by atoms with Gasteiger partial charge in [-0.2, -0.15) is 0 Å². The van der Waals surface area contributed by atoms with Gasteiger partial charge in [0.05, 0.1) is 15.2 Å². The fourth-order valence-corrected chi connectivity index (χ4v) is 3.37. The molecule has 2 rings (SSSR count). The Kier molecular flexibility index (Phi) is 4.72. The molecule has 0 radical (unpaired) electrons. The van der Waals surface area contributed by atoms with E-state index < -0.39 is 0 Å². The quantitative estimate of drug-likeness (QED) is 0.857. The Balaban J connectivity index is 2.16. The van der Waals surface area contributed by atoms with Gasteiger partial charge in [0.1, 0.15) is 0 Å². The minimum absolute atomic E-state index is 0.255. The first kappa shape index (κ1) is 13.5. The fourth-order valence-electron chi connectivity index (χ4n) is 2.25. The summed E-state index contributed by atoms with van der Waals surface area (Å²) >= 11 is 1.80. The highest BCUT2D eigenvalue weighted by atomic mass is 32.1. The second-order valence-electron chi connectivity index (χ2n) is 4.91. The predicted octanol–water partition coefficient (Wildman–Crippen LogP) is 3.92. The summed E-state index contributed by atoms with van der Waals surface area (Å²) < 4.78 is 1.31. The van der Waals surface area contributed by atoms with Gasteiger partial charge in [0.2, 0.25) is 0 Å². The normalized spacial score (nSPS) is 13.1. The van der Waals surface area contributed by atoms with Crippen LogP contribution in [0.5, 0.6) is 0 Å². The first-order valence-electron chi connectivity index (χ1n) is 6.86. The number of thiazole rings is 1. The van der Waals surface area contributed by atoms with Gasteiger partial charge in [0.15, 0.2) is 0 Å². The highest BCUT2D eigenvalue weighted by Gasteiger charge is 2.08. The van der Waals surface area contributed by atoms with Crippen LogP contribution in [0.15, 0.2) is 18.2 Å². The number of hydrogen-bond acceptors (Lipinski definition) is 3. The lowest BCUT2D eigenvalue weighted by Crippen LogP contribution is -2.22. The summed E-state index contributed by atoms with van der Waals surface area (Å²) in [4.78, 5) is 4.67. The third kappa shape index (κ3) is 3.30. The Morgan fingerprint density at radius 3 is 2.83 bits per heavy atom. The fraction of sp³-hybridized carbons (Fsp3) is 0.533. The largest absolute Gasteiger partial charge is 0.327 e. The first-order chi connectivity index (χ1) is 8.72. The molecule has 0 saturated heterocycles. The molecule has 1 unspecified atom stereocenters. The Morgan fingerprint density at radius 2 is 2.11 bits per heavy atom. The summed E-state index contributed by atoms with van der Waals surface area (Å²) in [5.74, 6) is 0. The molecule has 0 fully saturated rings. The van der Waals surface area contributed by atoms with Crippen LogP contribution >= 0.6 is 11.3 Å². The molecule has 1 aromatic heterocycles. The van der Waals surface area contributed by atoms with E-state index in [4.69, 9.17) is 5.73 Å². The maximum atomic E-state index is 6.08. The summed E-state index contributed by atoms with van der Waals surface area (Å²) in [6.45, 7) is 4.39. The van der Waals surface area contributed by atoms with Crippen LogP contribution < -0.4 is 5.73 Å².